The first kappa shape index (κ1) is 21.5. The quantitative estimate of drug-likeness (QED) is 0.610. The van der Waals surface area contributed by atoms with Crippen LogP contribution in [0.1, 0.15) is 11.6 Å². The standard InChI is InChI=1S/C24H26FN3O2S/c25-21-11-13-22(14-12-21)27-15-17-28(18-16-27)24(20-7-3-1-4-8-20)19-26-31(29,30)23-9-5-2-6-10-23/h1-14,24,26H,15-19H2/t24-/m0/s1. The molecular weight excluding hydrogens is 413 g/mol. The number of hydrogen-bond donors (Lipinski definition) is 1. The third-order valence-corrected chi connectivity index (χ3v) is 7.09. The third kappa shape index (κ3) is 5.31. The van der Waals surface area contributed by atoms with Gasteiger partial charge >= 0.3 is 0 Å². The molecule has 0 bridgehead atoms. The van der Waals surface area contributed by atoms with Crippen molar-refractivity contribution in [2.75, 3.05) is 37.6 Å². The van der Waals surface area contributed by atoms with Crippen LogP contribution in [0, 0.1) is 5.82 Å². The summed E-state index contributed by atoms with van der Waals surface area (Å²) in [5.41, 5.74) is 2.08. The van der Waals surface area contributed by atoms with Gasteiger partial charge in [-0.15, -0.1) is 0 Å². The Morgan fingerprint density at radius 1 is 0.806 bits per heavy atom. The molecule has 7 heteroatoms. The first-order valence-corrected chi connectivity index (χ1v) is 11.9. The van der Waals surface area contributed by atoms with Crippen LogP contribution in [0.15, 0.2) is 89.8 Å². The van der Waals surface area contributed by atoms with Gasteiger partial charge in [0.25, 0.3) is 0 Å². The molecule has 0 radical (unpaired) electrons. The number of sulfonamides is 1. The van der Waals surface area contributed by atoms with Gasteiger partial charge in [0.05, 0.1) is 4.90 Å². The number of nitrogens with one attached hydrogen (secondary N) is 1. The highest BCUT2D eigenvalue weighted by Crippen LogP contribution is 2.24. The predicted octanol–water partition coefficient (Wildman–Crippen LogP) is 3.67. The van der Waals surface area contributed by atoms with E-state index < -0.39 is 10.0 Å². The third-order valence-electron chi connectivity index (χ3n) is 5.65. The van der Waals surface area contributed by atoms with E-state index in [1.54, 1.807) is 42.5 Å². The van der Waals surface area contributed by atoms with Crippen LogP contribution in [-0.2, 0) is 10.0 Å². The average molecular weight is 440 g/mol. The molecule has 1 saturated heterocycles. The summed E-state index contributed by atoms with van der Waals surface area (Å²) in [5, 5.41) is 0. The van der Waals surface area contributed by atoms with Crippen LogP contribution in [0.4, 0.5) is 10.1 Å². The Morgan fingerprint density at radius 3 is 2.00 bits per heavy atom. The zero-order valence-electron chi connectivity index (χ0n) is 17.2. The Bertz CT molecular complexity index is 1070. The summed E-state index contributed by atoms with van der Waals surface area (Å²) in [4.78, 5) is 4.80. The molecule has 1 heterocycles. The summed E-state index contributed by atoms with van der Waals surface area (Å²) < 4.78 is 41.5. The van der Waals surface area contributed by atoms with Crippen molar-refractivity contribution in [2.24, 2.45) is 0 Å². The Balaban J connectivity index is 1.47. The number of benzene rings is 3. The van der Waals surface area contributed by atoms with Gasteiger partial charge in [-0.3, -0.25) is 4.90 Å². The number of halogens is 1. The molecule has 0 saturated carbocycles. The van der Waals surface area contributed by atoms with Gasteiger partial charge in [-0.2, -0.15) is 0 Å². The van der Waals surface area contributed by atoms with Crippen LogP contribution in [0.25, 0.3) is 0 Å². The van der Waals surface area contributed by atoms with Crippen molar-refractivity contribution in [3.8, 4) is 0 Å². The molecular formula is C24H26FN3O2S. The van der Waals surface area contributed by atoms with Crippen LogP contribution in [0.2, 0.25) is 0 Å². The molecule has 1 fully saturated rings. The van der Waals surface area contributed by atoms with E-state index in [1.807, 2.05) is 30.3 Å². The van der Waals surface area contributed by atoms with E-state index in [9.17, 15) is 12.8 Å². The summed E-state index contributed by atoms with van der Waals surface area (Å²) in [6, 6.07) is 24.9. The minimum atomic E-state index is -3.58. The number of piperazine rings is 1. The molecule has 1 atom stereocenters. The van der Waals surface area contributed by atoms with Gasteiger partial charge in [0, 0.05) is 44.5 Å². The van der Waals surface area contributed by atoms with E-state index in [2.05, 4.69) is 14.5 Å². The monoisotopic (exact) mass is 439 g/mol. The molecule has 1 aliphatic rings. The second-order valence-corrected chi connectivity index (χ2v) is 9.36. The van der Waals surface area contributed by atoms with Crippen molar-refractivity contribution >= 4 is 15.7 Å². The molecule has 1 aliphatic heterocycles. The van der Waals surface area contributed by atoms with Crippen LogP contribution in [0.5, 0.6) is 0 Å². The molecule has 0 aliphatic carbocycles. The molecule has 3 aromatic carbocycles. The summed E-state index contributed by atoms with van der Waals surface area (Å²) in [7, 11) is -3.58. The Hall–Kier alpha value is -2.74. The number of rotatable bonds is 7. The minimum absolute atomic E-state index is 0.0740. The van der Waals surface area contributed by atoms with Gasteiger partial charge in [-0.25, -0.2) is 17.5 Å². The zero-order valence-corrected chi connectivity index (χ0v) is 18.0. The maximum atomic E-state index is 13.2. The van der Waals surface area contributed by atoms with Gasteiger partial charge in [0.15, 0.2) is 0 Å². The lowest BCUT2D eigenvalue weighted by molar-refractivity contribution is 0.187. The molecule has 0 amide bonds. The van der Waals surface area contributed by atoms with Crippen molar-refractivity contribution in [2.45, 2.75) is 10.9 Å². The molecule has 3 aromatic rings. The van der Waals surface area contributed by atoms with Crippen molar-refractivity contribution in [3.63, 3.8) is 0 Å². The zero-order chi connectivity index (χ0) is 21.7. The molecule has 4 rings (SSSR count). The smallest absolute Gasteiger partial charge is 0.240 e. The van der Waals surface area contributed by atoms with Crippen molar-refractivity contribution < 1.29 is 12.8 Å². The SMILES string of the molecule is O=S(=O)(NC[C@@H](c1ccccc1)N1CCN(c2ccc(F)cc2)CC1)c1ccccc1. The molecule has 0 spiro atoms. The number of anilines is 1. The predicted molar refractivity (Wildman–Crippen MR) is 121 cm³/mol. The molecule has 5 nitrogen and oxygen atoms in total. The van der Waals surface area contributed by atoms with Gasteiger partial charge in [-0.05, 0) is 42.0 Å². The van der Waals surface area contributed by atoms with Crippen LogP contribution >= 0.6 is 0 Å². The Morgan fingerprint density at radius 2 is 1.39 bits per heavy atom. The average Bonchev–Trinajstić information content (AvgIpc) is 2.81. The van der Waals surface area contributed by atoms with Crippen molar-refractivity contribution in [3.05, 3.63) is 96.3 Å². The summed E-state index contributed by atoms with van der Waals surface area (Å²) in [6.07, 6.45) is 0. The fourth-order valence-electron chi connectivity index (χ4n) is 3.95. The van der Waals surface area contributed by atoms with E-state index in [1.165, 1.54) is 12.1 Å². The summed E-state index contributed by atoms with van der Waals surface area (Å²) >= 11 is 0. The van der Waals surface area contributed by atoms with Crippen molar-refractivity contribution in [1.82, 2.24) is 9.62 Å². The van der Waals surface area contributed by atoms with E-state index >= 15 is 0 Å². The lowest BCUT2D eigenvalue weighted by atomic mass is 10.0. The first-order chi connectivity index (χ1) is 15.0. The van der Waals surface area contributed by atoms with Gasteiger partial charge in [0.1, 0.15) is 5.82 Å². The summed E-state index contributed by atoms with van der Waals surface area (Å²) in [6.45, 7) is 3.44. The normalized spacial score (nSPS) is 16.2. The highest BCUT2D eigenvalue weighted by molar-refractivity contribution is 7.89. The van der Waals surface area contributed by atoms with E-state index in [-0.39, 0.29) is 23.3 Å². The lowest BCUT2D eigenvalue weighted by Gasteiger charge is -2.40. The highest BCUT2D eigenvalue weighted by atomic mass is 32.2. The van der Waals surface area contributed by atoms with E-state index in [0.717, 1.165) is 37.4 Å². The largest absolute Gasteiger partial charge is 0.369 e. The van der Waals surface area contributed by atoms with Crippen LogP contribution < -0.4 is 9.62 Å². The maximum absolute atomic E-state index is 13.2. The fraction of sp³-hybridized carbons (Fsp3) is 0.250. The molecule has 0 aromatic heterocycles. The van der Waals surface area contributed by atoms with Crippen LogP contribution in [-0.4, -0.2) is 46.0 Å². The molecule has 162 valence electrons. The van der Waals surface area contributed by atoms with Gasteiger partial charge in [0.2, 0.25) is 10.0 Å². The summed E-state index contributed by atoms with van der Waals surface area (Å²) in [5.74, 6) is -0.239. The lowest BCUT2D eigenvalue weighted by Crippen LogP contribution is -2.49. The first-order valence-electron chi connectivity index (χ1n) is 10.4. The van der Waals surface area contributed by atoms with Gasteiger partial charge in [-0.1, -0.05) is 48.5 Å². The van der Waals surface area contributed by atoms with E-state index in [4.69, 9.17) is 0 Å². The second kappa shape index (κ2) is 9.60. The minimum Gasteiger partial charge on any atom is -0.369 e. The van der Waals surface area contributed by atoms with E-state index in [0.29, 0.717) is 0 Å². The molecule has 0 unspecified atom stereocenters. The van der Waals surface area contributed by atoms with Gasteiger partial charge < -0.3 is 4.90 Å². The highest BCUT2D eigenvalue weighted by Gasteiger charge is 2.27. The maximum Gasteiger partial charge on any atom is 0.240 e. The Kier molecular flexibility index (Phi) is 6.65. The Labute approximate surface area is 183 Å². The topological polar surface area (TPSA) is 52.7 Å². The molecule has 31 heavy (non-hydrogen) atoms. The molecule has 1 N–H and O–H groups in total. The van der Waals surface area contributed by atoms with Crippen LogP contribution in [0.3, 0.4) is 0 Å². The number of hydrogen-bond acceptors (Lipinski definition) is 4. The fourth-order valence-corrected chi connectivity index (χ4v) is 5.01. The van der Waals surface area contributed by atoms with Crippen molar-refractivity contribution in [1.29, 1.82) is 0 Å². The second-order valence-electron chi connectivity index (χ2n) is 7.59. The number of nitrogens with zero attached hydrogens (tertiary/aromatic N) is 2.